The molecule has 2 aromatic heterocycles. The summed E-state index contributed by atoms with van der Waals surface area (Å²) < 4.78 is 1.78. The van der Waals surface area contributed by atoms with Gasteiger partial charge in [0.2, 0.25) is 11.1 Å². The highest BCUT2D eigenvalue weighted by Crippen LogP contribution is 2.36. The minimum absolute atomic E-state index is 0.173. The number of rotatable bonds is 5. The average molecular weight is 421 g/mol. The van der Waals surface area contributed by atoms with Crippen LogP contribution in [0.25, 0.3) is 0 Å². The van der Waals surface area contributed by atoms with Crippen LogP contribution >= 0.6 is 11.8 Å². The number of hydrogen-bond acceptors (Lipinski definition) is 6. The Morgan fingerprint density at radius 2 is 2.07 bits per heavy atom. The van der Waals surface area contributed by atoms with Crippen molar-refractivity contribution in [1.82, 2.24) is 19.7 Å². The molecule has 0 aliphatic carbocycles. The van der Waals surface area contributed by atoms with Crippen molar-refractivity contribution >= 4 is 29.3 Å². The Hall–Kier alpha value is -3.13. The van der Waals surface area contributed by atoms with Crippen LogP contribution in [0.4, 0.5) is 11.6 Å². The van der Waals surface area contributed by atoms with Gasteiger partial charge in [0.05, 0.1) is 5.57 Å². The minimum Gasteiger partial charge on any atom is -0.328 e. The number of nitrogens with one attached hydrogen (secondary N) is 2. The number of anilines is 2. The van der Waals surface area contributed by atoms with Crippen LogP contribution in [0.1, 0.15) is 36.6 Å². The Morgan fingerprint density at radius 3 is 2.80 bits per heavy atom. The summed E-state index contributed by atoms with van der Waals surface area (Å²) in [5.74, 6) is 1.32. The van der Waals surface area contributed by atoms with Crippen LogP contribution in [0.5, 0.6) is 0 Å². The maximum absolute atomic E-state index is 13.5. The number of aryl methyl sites for hydroxylation is 1. The quantitative estimate of drug-likeness (QED) is 0.598. The highest BCUT2D eigenvalue weighted by Gasteiger charge is 2.34. The van der Waals surface area contributed by atoms with Crippen molar-refractivity contribution in [3.8, 4) is 0 Å². The molecule has 1 unspecified atom stereocenters. The third-order valence-electron chi connectivity index (χ3n) is 5.20. The number of pyridine rings is 1. The molecule has 0 saturated heterocycles. The van der Waals surface area contributed by atoms with Gasteiger partial charge in [0, 0.05) is 23.8 Å². The minimum atomic E-state index is -0.418. The predicted octanol–water partition coefficient (Wildman–Crippen LogP) is 4.33. The first-order valence-electron chi connectivity index (χ1n) is 9.84. The summed E-state index contributed by atoms with van der Waals surface area (Å²) in [5, 5.41) is 11.7. The number of fused-ring (bicyclic) bond motifs is 1. The number of thioether (sulfide) groups is 1. The molecule has 0 saturated carbocycles. The largest absolute Gasteiger partial charge is 0.328 e. The van der Waals surface area contributed by atoms with Gasteiger partial charge in [-0.05, 0) is 55.3 Å². The fourth-order valence-electron chi connectivity index (χ4n) is 3.54. The summed E-state index contributed by atoms with van der Waals surface area (Å²) in [6.07, 6.45) is 3.49. The molecule has 1 aliphatic rings. The Labute approximate surface area is 180 Å². The molecule has 0 radical (unpaired) electrons. The van der Waals surface area contributed by atoms with E-state index < -0.39 is 6.04 Å². The van der Waals surface area contributed by atoms with E-state index in [9.17, 15) is 4.79 Å². The molecular formula is C22H24N6OS. The fourth-order valence-corrected chi connectivity index (χ4v) is 4.09. The summed E-state index contributed by atoms with van der Waals surface area (Å²) in [6.45, 7) is 7.99. The first kappa shape index (κ1) is 20.2. The van der Waals surface area contributed by atoms with Crippen LogP contribution in [0.15, 0.2) is 59.2 Å². The molecule has 1 aliphatic heterocycles. The Balaban J connectivity index is 1.77. The predicted molar refractivity (Wildman–Crippen MR) is 120 cm³/mol. The number of benzene rings is 1. The fraction of sp³-hybridized carbons (Fsp3) is 0.273. The second-order valence-corrected chi connectivity index (χ2v) is 8.38. The van der Waals surface area contributed by atoms with Crippen LogP contribution in [0.3, 0.4) is 0 Å². The van der Waals surface area contributed by atoms with Crippen LogP contribution in [-0.4, -0.2) is 31.4 Å². The van der Waals surface area contributed by atoms with E-state index in [2.05, 4.69) is 32.6 Å². The van der Waals surface area contributed by atoms with Crippen LogP contribution in [0.2, 0.25) is 0 Å². The molecular weight excluding hydrogens is 396 g/mol. The van der Waals surface area contributed by atoms with E-state index in [4.69, 9.17) is 0 Å². The SMILES string of the molecule is CCSc1nc2n(n1)C(c1cccnc1)C(C(=O)Nc1cccc(C)c1C)=C(C)N2. The molecule has 3 heterocycles. The molecule has 4 rings (SSSR count). The highest BCUT2D eigenvalue weighted by molar-refractivity contribution is 7.99. The number of nitrogens with zero attached hydrogens (tertiary/aromatic N) is 4. The Kier molecular flexibility index (Phi) is 5.59. The number of carbonyl (C=O) groups is 1. The zero-order chi connectivity index (χ0) is 21.3. The van der Waals surface area contributed by atoms with Gasteiger partial charge in [-0.15, -0.1) is 5.10 Å². The van der Waals surface area contributed by atoms with Gasteiger partial charge in [-0.2, -0.15) is 4.98 Å². The second kappa shape index (κ2) is 8.31. The number of aromatic nitrogens is 4. The van der Waals surface area contributed by atoms with Crippen molar-refractivity contribution < 1.29 is 4.79 Å². The highest BCUT2D eigenvalue weighted by atomic mass is 32.2. The lowest BCUT2D eigenvalue weighted by Crippen LogP contribution is -2.31. The van der Waals surface area contributed by atoms with Gasteiger partial charge in [0.25, 0.3) is 5.91 Å². The number of allylic oxidation sites excluding steroid dienone is 1. The molecule has 1 amide bonds. The van der Waals surface area contributed by atoms with E-state index in [0.29, 0.717) is 16.7 Å². The van der Waals surface area contributed by atoms with Crippen molar-refractivity contribution in [3.05, 3.63) is 70.7 Å². The van der Waals surface area contributed by atoms with Crippen molar-refractivity contribution in [2.75, 3.05) is 16.4 Å². The Bertz CT molecular complexity index is 1120. The maximum Gasteiger partial charge on any atom is 0.255 e. The lowest BCUT2D eigenvalue weighted by atomic mass is 9.96. The first-order chi connectivity index (χ1) is 14.5. The van der Waals surface area contributed by atoms with E-state index >= 15 is 0 Å². The molecule has 30 heavy (non-hydrogen) atoms. The molecule has 1 aromatic carbocycles. The molecule has 0 bridgehead atoms. The van der Waals surface area contributed by atoms with Gasteiger partial charge in [-0.3, -0.25) is 9.78 Å². The average Bonchev–Trinajstić information content (AvgIpc) is 3.13. The van der Waals surface area contributed by atoms with Gasteiger partial charge in [0.15, 0.2) is 0 Å². The maximum atomic E-state index is 13.5. The van der Waals surface area contributed by atoms with E-state index in [1.54, 1.807) is 28.8 Å². The summed E-state index contributed by atoms with van der Waals surface area (Å²) in [4.78, 5) is 22.3. The summed E-state index contributed by atoms with van der Waals surface area (Å²) in [5.41, 5.74) is 5.20. The molecule has 7 nitrogen and oxygen atoms in total. The van der Waals surface area contributed by atoms with Crippen LogP contribution < -0.4 is 10.6 Å². The summed E-state index contributed by atoms with van der Waals surface area (Å²) in [7, 11) is 0. The molecule has 154 valence electrons. The lowest BCUT2D eigenvalue weighted by Gasteiger charge is -2.28. The van der Waals surface area contributed by atoms with Crippen molar-refractivity contribution in [2.45, 2.75) is 38.9 Å². The number of carbonyl (C=O) groups excluding carboxylic acids is 1. The third kappa shape index (κ3) is 3.70. The smallest absolute Gasteiger partial charge is 0.255 e. The Morgan fingerprint density at radius 1 is 1.23 bits per heavy atom. The molecule has 0 fully saturated rings. The van der Waals surface area contributed by atoms with Gasteiger partial charge in [-0.25, -0.2) is 4.68 Å². The molecule has 2 N–H and O–H groups in total. The standard InChI is InChI=1S/C22H24N6OS/c1-5-30-22-26-21-24-15(4)18(19(28(21)27-22)16-9-7-11-23-12-16)20(29)25-17-10-6-8-13(2)14(17)3/h6-12,19H,5H2,1-4H3,(H,25,29)(H,24,26,27). The summed E-state index contributed by atoms with van der Waals surface area (Å²) >= 11 is 1.57. The van der Waals surface area contributed by atoms with Gasteiger partial charge >= 0.3 is 0 Å². The van der Waals surface area contributed by atoms with Gasteiger partial charge < -0.3 is 10.6 Å². The van der Waals surface area contributed by atoms with Crippen molar-refractivity contribution in [1.29, 1.82) is 0 Å². The molecule has 8 heteroatoms. The van der Waals surface area contributed by atoms with E-state index in [-0.39, 0.29) is 5.91 Å². The molecule has 0 spiro atoms. The first-order valence-corrected chi connectivity index (χ1v) is 10.8. The van der Waals surface area contributed by atoms with E-state index in [0.717, 1.165) is 33.8 Å². The molecule has 1 atom stereocenters. The zero-order valence-corrected chi connectivity index (χ0v) is 18.2. The summed E-state index contributed by atoms with van der Waals surface area (Å²) in [6, 6.07) is 9.30. The van der Waals surface area contributed by atoms with Crippen molar-refractivity contribution in [3.63, 3.8) is 0 Å². The topological polar surface area (TPSA) is 84.7 Å². The lowest BCUT2D eigenvalue weighted by molar-refractivity contribution is -0.113. The van der Waals surface area contributed by atoms with E-state index in [1.165, 1.54) is 0 Å². The van der Waals surface area contributed by atoms with Gasteiger partial charge in [0.1, 0.15) is 6.04 Å². The normalized spacial score (nSPS) is 15.5. The van der Waals surface area contributed by atoms with Crippen molar-refractivity contribution in [2.24, 2.45) is 0 Å². The van der Waals surface area contributed by atoms with Crippen LogP contribution in [-0.2, 0) is 4.79 Å². The second-order valence-electron chi connectivity index (χ2n) is 7.15. The van der Waals surface area contributed by atoms with Gasteiger partial charge in [-0.1, -0.05) is 36.9 Å². The zero-order valence-electron chi connectivity index (χ0n) is 17.4. The molecule has 3 aromatic rings. The number of amides is 1. The monoisotopic (exact) mass is 420 g/mol. The van der Waals surface area contributed by atoms with Crippen LogP contribution in [0, 0.1) is 13.8 Å². The third-order valence-corrected chi connectivity index (χ3v) is 5.92. The number of hydrogen-bond donors (Lipinski definition) is 2. The van der Waals surface area contributed by atoms with E-state index in [1.807, 2.05) is 51.1 Å².